The van der Waals surface area contributed by atoms with E-state index < -0.39 is 97.5 Å². The van der Waals surface area contributed by atoms with Gasteiger partial charge in [0.1, 0.15) is 19.3 Å². The summed E-state index contributed by atoms with van der Waals surface area (Å²) < 4.78 is 68.4. The van der Waals surface area contributed by atoms with Crippen LogP contribution in [0.5, 0.6) is 0 Å². The van der Waals surface area contributed by atoms with E-state index in [1.807, 2.05) is 0 Å². The molecule has 0 aliphatic heterocycles. The molecule has 0 rings (SSSR count). The Morgan fingerprint density at radius 3 is 0.740 bits per heavy atom. The van der Waals surface area contributed by atoms with Crippen LogP contribution in [-0.2, 0) is 65.4 Å². The summed E-state index contributed by atoms with van der Waals surface area (Å²) in [6, 6.07) is 0. The quantitative estimate of drug-likeness (QED) is 0.0222. The highest BCUT2D eigenvalue weighted by molar-refractivity contribution is 7.47. The van der Waals surface area contributed by atoms with Gasteiger partial charge in [0.25, 0.3) is 0 Å². The van der Waals surface area contributed by atoms with Gasteiger partial charge in [-0.05, 0) is 49.4 Å². The van der Waals surface area contributed by atoms with Crippen molar-refractivity contribution >= 4 is 39.5 Å². The average molecular weight is 1410 g/mol. The van der Waals surface area contributed by atoms with Crippen molar-refractivity contribution in [3.8, 4) is 0 Å². The Hall–Kier alpha value is -1.94. The van der Waals surface area contributed by atoms with Crippen LogP contribution in [0, 0.1) is 23.7 Å². The van der Waals surface area contributed by atoms with E-state index in [-0.39, 0.29) is 25.7 Å². The van der Waals surface area contributed by atoms with Gasteiger partial charge in [-0.25, -0.2) is 9.13 Å². The number of hydrogen-bond donors (Lipinski definition) is 3. The SMILES string of the molecule is CCC(C)CCCCCCCCCCCCCCCCCCCCC(=O)OC[C@H](COP(=O)(O)OC[C@@H](O)COP(=O)(O)OC[C@@H](COC(=O)CCCCCCCCC(C)C)OC(=O)CCCCCCCCCCCCCCC(C)C)OC(=O)CCCCCCCCCC(C)C. The number of esters is 4. The summed E-state index contributed by atoms with van der Waals surface area (Å²) in [6.45, 7) is 14.1. The van der Waals surface area contributed by atoms with Gasteiger partial charge < -0.3 is 33.8 Å². The van der Waals surface area contributed by atoms with Crippen molar-refractivity contribution in [3.63, 3.8) is 0 Å². The molecule has 96 heavy (non-hydrogen) atoms. The van der Waals surface area contributed by atoms with E-state index in [9.17, 15) is 43.2 Å². The Kier molecular flexibility index (Phi) is 65.0. The fraction of sp³-hybridized carbons (Fsp3) is 0.948. The molecule has 0 saturated carbocycles. The largest absolute Gasteiger partial charge is 0.472 e. The third-order valence-corrected chi connectivity index (χ3v) is 20.1. The van der Waals surface area contributed by atoms with Gasteiger partial charge in [-0.3, -0.25) is 37.3 Å². The molecule has 0 aromatic heterocycles. The second kappa shape index (κ2) is 66.3. The number of ether oxygens (including phenoxy) is 4. The highest BCUT2D eigenvalue weighted by Crippen LogP contribution is 2.45. The first-order chi connectivity index (χ1) is 46.1. The number of aliphatic hydroxyl groups is 1. The van der Waals surface area contributed by atoms with E-state index in [1.165, 1.54) is 186 Å². The Morgan fingerprint density at radius 2 is 0.500 bits per heavy atom. The molecule has 0 radical (unpaired) electrons. The molecule has 0 heterocycles. The Morgan fingerprint density at radius 1 is 0.292 bits per heavy atom. The first kappa shape index (κ1) is 94.1. The van der Waals surface area contributed by atoms with E-state index in [4.69, 9.17) is 37.0 Å². The van der Waals surface area contributed by atoms with Gasteiger partial charge >= 0.3 is 39.5 Å². The number of phosphoric ester groups is 2. The molecule has 19 heteroatoms. The van der Waals surface area contributed by atoms with Crippen LogP contribution in [0.25, 0.3) is 0 Å². The summed E-state index contributed by atoms with van der Waals surface area (Å²) >= 11 is 0. The molecule has 17 nitrogen and oxygen atoms in total. The average Bonchev–Trinajstić information content (AvgIpc) is 1.40. The number of carbonyl (C=O) groups is 4. The van der Waals surface area contributed by atoms with Crippen LogP contribution in [0.1, 0.15) is 389 Å². The zero-order valence-electron chi connectivity index (χ0n) is 63.0. The number of rotatable bonds is 74. The molecule has 0 aliphatic carbocycles. The Labute approximate surface area is 588 Å². The van der Waals surface area contributed by atoms with Gasteiger partial charge in [0.15, 0.2) is 12.2 Å². The van der Waals surface area contributed by atoms with Crippen molar-refractivity contribution in [1.82, 2.24) is 0 Å². The first-order valence-electron chi connectivity index (χ1n) is 39.7. The topological polar surface area (TPSA) is 237 Å². The number of hydrogen-bond acceptors (Lipinski definition) is 15. The van der Waals surface area contributed by atoms with Crippen LogP contribution in [0.4, 0.5) is 0 Å². The van der Waals surface area contributed by atoms with Gasteiger partial charge in [-0.1, -0.05) is 338 Å². The van der Waals surface area contributed by atoms with E-state index in [2.05, 4.69) is 55.4 Å². The smallest absolute Gasteiger partial charge is 0.462 e. The van der Waals surface area contributed by atoms with Crippen molar-refractivity contribution in [3.05, 3.63) is 0 Å². The van der Waals surface area contributed by atoms with Crippen LogP contribution in [-0.4, -0.2) is 96.7 Å². The maximum absolute atomic E-state index is 13.1. The molecule has 0 saturated heterocycles. The van der Waals surface area contributed by atoms with E-state index in [0.717, 1.165) is 108 Å². The lowest BCUT2D eigenvalue weighted by atomic mass is 9.99. The maximum atomic E-state index is 13.1. The third-order valence-electron chi connectivity index (χ3n) is 18.2. The normalized spacial score (nSPS) is 14.4. The van der Waals surface area contributed by atoms with Gasteiger partial charge in [-0.15, -0.1) is 0 Å². The molecule has 0 bridgehead atoms. The van der Waals surface area contributed by atoms with Crippen molar-refractivity contribution in [2.75, 3.05) is 39.6 Å². The van der Waals surface area contributed by atoms with E-state index in [0.29, 0.717) is 37.5 Å². The number of aliphatic hydroxyl groups excluding tert-OH is 1. The lowest BCUT2D eigenvalue weighted by molar-refractivity contribution is -0.161. The molecule has 0 spiro atoms. The molecule has 0 aromatic rings. The molecule has 6 atom stereocenters. The van der Waals surface area contributed by atoms with Crippen LogP contribution in [0.3, 0.4) is 0 Å². The van der Waals surface area contributed by atoms with Crippen LogP contribution < -0.4 is 0 Å². The van der Waals surface area contributed by atoms with Gasteiger partial charge in [-0.2, -0.15) is 0 Å². The molecule has 570 valence electrons. The molecular weight excluding hydrogens is 1260 g/mol. The molecule has 0 aliphatic rings. The predicted molar refractivity (Wildman–Crippen MR) is 391 cm³/mol. The second-order valence-electron chi connectivity index (χ2n) is 29.4. The second-order valence-corrected chi connectivity index (χ2v) is 32.3. The molecule has 0 aromatic carbocycles. The van der Waals surface area contributed by atoms with Crippen molar-refractivity contribution in [2.24, 2.45) is 23.7 Å². The monoisotopic (exact) mass is 1410 g/mol. The lowest BCUT2D eigenvalue weighted by Gasteiger charge is -2.21. The third kappa shape index (κ3) is 69.2. The molecule has 0 fully saturated rings. The minimum Gasteiger partial charge on any atom is -0.462 e. The fourth-order valence-corrected chi connectivity index (χ4v) is 13.3. The molecule has 3 unspecified atom stereocenters. The summed E-state index contributed by atoms with van der Waals surface area (Å²) in [5.41, 5.74) is 0. The zero-order valence-corrected chi connectivity index (χ0v) is 64.8. The molecular formula is C77H150O17P2. The summed E-state index contributed by atoms with van der Waals surface area (Å²) in [4.78, 5) is 72.7. The van der Waals surface area contributed by atoms with Crippen molar-refractivity contribution < 1.29 is 80.2 Å². The predicted octanol–water partition coefficient (Wildman–Crippen LogP) is 22.4. The summed E-state index contributed by atoms with van der Waals surface area (Å²) in [7, 11) is -9.91. The molecule has 0 amide bonds. The maximum Gasteiger partial charge on any atom is 0.472 e. The first-order valence-corrected chi connectivity index (χ1v) is 42.7. The standard InChI is InChI=1S/C77H150O17P2/c1-9-70(8)56-48-40-31-25-21-16-14-12-10-11-13-15-17-22-26-32-41-49-57-74(79)87-63-72(94-77(82)60-52-44-34-28-30-38-46-54-68(4)5)65-91-95(83,84)89-61-71(78)62-90-96(85,86)92-66-73(64-88-75(80)58-50-42-36-35-39-47-55-69(6)7)93-76(81)59-51-43-33-27-23-19-18-20-24-29-37-45-53-67(2)3/h67-73,78H,9-66H2,1-8H3,(H,83,84)(H,85,86)/t70?,71-,72-,73-/m1/s1. The molecule has 3 N–H and O–H groups in total. The summed E-state index contributed by atoms with van der Waals surface area (Å²) in [5, 5.41) is 10.6. The van der Waals surface area contributed by atoms with Gasteiger partial charge in [0.05, 0.1) is 26.4 Å². The number of phosphoric acid groups is 2. The highest BCUT2D eigenvalue weighted by atomic mass is 31.2. The lowest BCUT2D eigenvalue weighted by Crippen LogP contribution is -2.30. The minimum atomic E-state index is -4.96. The fourth-order valence-electron chi connectivity index (χ4n) is 11.7. The van der Waals surface area contributed by atoms with Gasteiger partial charge in [0, 0.05) is 25.7 Å². The van der Waals surface area contributed by atoms with Crippen molar-refractivity contribution in [2.45, 2.75) is 408 Å². The highest BCUT2D eigenvalue weighted by Gasteiger charge is 2.30. The van der Waals surface area contributed by atoms with Crippen LogP contribution in [0.2, 0.25) is 0 Å². The van der Waals surface area contributed by atoms with Crippen LogP contribution in [0.15, 0.2) is 0 Å². The Bertz CT molecular complexity index is 1890. The van der Waals surface area contributed by atoms with Crippen molar-refractivity contribution in [1.29, 1.82) is 0 Å². The van der Waals surface area contributed by atoms with E-state index >= 15 is 0 Å². The Balaban J connectivity index is 5.12. The zero-order chi connectivity index (χ0) is 71.0. The summed E-state index contributed by atoms with van der Waals surface area (Å²) in [6.07, 6.45) is 51.7. The van der Waals surface area contributed by atoms with Crippen LogP contribution >= 0.6 is 15.6 Å². The number of unbranched alkanes of at least 4 members (excludes halogenated alkanes) is 39. The van der Waals surface area contributed by atoms with Gasteiger partial charge in [0.2, 0.25) is 0 Å². The number of carbonyl (C=O) groups excluding carboxylic acids is 4. The summed E-state index contributed by atoms with van der Waals surface area (Å²) in [5.74, 6) is 0.900. The van der Waals surface area contributed by atoms with E-state index in [1.54, 1.807) is 0 Å². The minimum absolute atomic E-state index is 0.103.